The van der Waals surface area contributed by atoms with Crippen LogP contribution < -0.4 is 16.2 Å². The molecule has 3 rings (SSSR count). The lowest BCUT2D eigenvalue weighted by Crippen LogP contribution is -2.17. The summed E-state index contributed by atoms with van der Waals surface area (Å²) in [6.45, 7) is 1.64. The number of fused-ring (bicyclic) bond motifs is 1. The Hall–Kier alpha value is -2.96. The quantitative estimate of drug-likeness (QED) is 0.783. The van der Waals surface area contributed by atoms with Crippen LogP contribution in [0.1, 0.15) is 34.6 Å². The van der Waals surface area contributed by atoms with Gasteiger partial charge in [-0.3, -0.25) is 14.4 Å². The molecule has 0 fully saturated rings. The lowest BCUT2D eigenvalue weighted by Gasteiger charge is -2.09. The molecule has 7 heteroatoms. The number of aryl methyl sites for hydroxylation is 2. The summed E-state index contributed by atoms with van der Waals surface area (Å²) in [6.07, 6.45) is 1.96. The van der Waals surface area contributed by atoms with Crippen LogP contribution in [0.5, 0.6) is 0 Å². The van der Waals surface area contributed by atoms with E-state index in [9.17, 15) is 14.4 Å². The molecule has 0 atom stereocenters. The van der Waals surface area contributed by atoms with Crippen LogP contribution in [-0.4, -0.2) is 21.8 Å². The lowest BCUT2D eigenvalue weighted by molar-refractivity contribution is -0.116. The van der Waals surface area contributed by atoms with Crippen LogP contribution in [0.3, 0.4) is 0 Å². The van der Waals surface area contributed by atoms with Gasteiger partial charge in [-0.05, 0) is 43.5 Å². The first-order valence-corrected chi connectivity index (χ1v) is 7.33. The molecule has 0 radical (unpaired) electrons. The number of amides is 2. The van der Waals surface area contributed by atoms with Crippen LogP contribution in [0.15, 0.2) is 29.1 Å². The summed E-state index contributed by atoms with van der Waals surface area (Å²) in [4.78, 5) is 41.8. The number of hydrogen-bond donors (Lipinski definition) is 3. The highest BCUT2D eigenvalue weighted by molar-refractivity contribution is 6.04. The molecule has 3 N–H and O–H groups in total. The average Bonchev–Trinajstić information content (AvgIpc) is 2.65. The van der Waals surface area contributed by atoms with E-state index in [1.165, 1.54) is 6.07 Å². The maximum absolute atomic E-state index is 12.3. The molecule has 23 heavy (non-hydrogen) atoms. The zero-order chi connectivity index (χ0) is 16.4. The molecule has 1 aromatic heterocycles. The van der Waals surface area contributed by atoms with Gasteiger partial charge in [0.1, 0.15) is 11.6 Å². The van der Waals surface area contributed by atoms with E-state index in [0.29, 0.717) is 17.8 Å². The van der Waals surface area contributed by atoms with Gasteiger partial charge >= 0.3 is 0 Å². The molecule has 2 aromatic rings. The number of carbonyl (C=O) groups is 2. The first-order valence-electron chi connectivity index (χ1n) is 7.33. The fraction of sp³-hybridized carbons (Fsp3) is 0.250. The third kappa shape index (κ3) is 3.45. The Morgan fingerprint density at radius 1 is 1.22 bits per heavy atom. The van der Waals surface area contributed by atoms with Crippen molar-refractivity contribution in [3.8, 4) is 0 Å². The molecule has 2 amide bonds. The van der Waals surface area contributed by atoms with Gasteiger partial charge in [0.2, 0.25) is 5.91 Å². The predicted octanol–water partition coefficient (Wildman–Crippen LogP) is 1.61. The van der Waals surface area contributed by atoms with E-state index < -0.39 is 0 Å². The zero-order valence-corrected chi connectivity index (χ0v) is 12.6. The number of aromatic amines is 1. The Morgan fingerprint density at radius 2 is 2.04 bits per heavy atom. The average molecular weight is 312 g/mol. The Morgan fingerprint density at radius 3 is 2.83 bits per heavy atom. The van der Waals surface area contributed by atoms with Crippen molar-refractivity contribution in [2.45, 2.75) is 26.2 Å². The molecular formula is C16H16N4O3. The molecule has 0 saturated carbocycles. The summed E-state index contributed by atoms with van der Waals surface area (Å²) in [5.74, 6) is 0.280. The molecule has 0 saturated heterocycles. The highest BCUT2D eigenvalue weighted by Crippen LogP contribution is 2.23. The Kier molecular flexibility index (Phi) is 3.92. The minimum absolute atomic E-state index is 0.0101. The third-order valence-electron chi connectivity index (χ3n) is 3.59. The third-order valence-corrected chi connectivity index (χ3v) is 3.59. The minimum atomic E-state index is -0.346. The second-order valence-corrected chi connectivity index (χ2v) is 5.44. The van der Waals surface area contributed by atoms with Crippen LogP contribution in [0.25, 0.3) is 0 Å². The molecule has 0 bridgehead atoms. The van der Waals surface area contributed by atoms with E-state index in [2.05, 4.69) is 20.6 Å². The Labute approximate surface area is 132 Å². The molecule has 118 valence electrons. The number of anilines is 2. The van der Waals surface area contributed by atoms with Crippen LogP contribution in [-0.2, 0) is 11.2 Å². The second-order valence-electron chi connectivity index (χ2n) is 5.44. The fourth-order valence-corrected chi connectivity index (χ4v) is 2.55. The van der Waals surface area contributed by atoms with Gasteiger partial charge in [-0.2, -0.15) is 0 Å². The highest BCUT2D eigenvalue weighted by Gasteiger charge is 2.15. The number of H-pyrrole nitrogens is 1. The van der Waals surface area contributed by atoms with Crippen molar-refractivity contribution in [3.05, 3.63) is 51.6 Å². The number of nitrogens with zero attached hydrogens (tertiary/aromatic N) is 1. The van der Waals surface area contributed by atoms with Gasteiger partial charge in [0.15, 0.2) is 0 Å². The van der Waals surface area contributed by atoms with E-state index in [1.807, 2.05) is 0 Å². The topological polar surface area (TPSA) is 104 Å². The number of nitrogens with one attached hydrogen (secondary N) is 3. The number of carbonyl (C=O) groups excluding carboxylic acids is 2. The summed E-state index contributed by atoms with van der Waals surface area (Å²) >= 11 is 0. The number of rotatable bonds is 2. The Balaban J connectivity index is 1.84. The minimum Gasteiger partial charge on any atom is -0.326 e. The van der Waals surface area contributed by atoms with Gasteiger partial charge in [-0.25, -0.2) is 4.98 Å². The largest absolute Gasteiger partial charge is 0.326 e. The van der Waals surface area contributed by atoms with E-state index >= 15 is 0 Å². The first-order chi connectivity index (χ1) is 11.0. The van der Waals surface area contributed by atoms with Gasteiger partial charge in [-0.1, -0.05) is 0 Å². The van der Waals surface area contributed by atoms with Crippen LogP contribution in [0, 0.1) is 6.92 Å². The summed E-state index contributed by atoms with van der Waals surface area (Å²) in [6, 6.07) is 6.36. The van der Waals surface area contributed by atoms with Gasteiger partial charge < -0.3 is 15.6 Å². The molecular weight excluding hydrogens is 296 g/mol. The summed E-state index contributed by atoms with van der Waals surface area (Å²) in [5, 5.41) is 5.44. The standard InChI is InChI=1S/C16H16N4O3/c1-9-17-13(8-15(22)18-9)20-16(23)11-5-6-12-10(7-11)3-2-4-14(21)19-12/h5-8H,2-4H2,1H3,(H,19,21)(H2,17,18,20,22,23). The molecule has 2 heterocycles. The Bertz CT molecular complexity index is 841. The lowest BCUT2D eigenvalue weighted by atomic mass is 10.0. The molecule has 0 spiro atoms. The summed E-state index contributed by atoms with van der Waals surface area (Å²) in [7, 11) is 0. The highest BCUT2D eigenvalue weighted by atomic mass is 16.2. The molecule has 0 aliphatic carbocycles. The maximum Gasteiger partial charge on any atom is 0.256 e. The van der Waals surface area contributed by atoms with Crippen molar-refractivity contribution in [3.63, 3.8) is 0 Å². The molecule has 0 unspecified atom stereocenters. The summed E-state index contributed by atoms with van der Waals surface area (Å²) in [5.41, 5.74) is 1.81. The van der Waals surface area contributed by atoms with Crippen molar-refractivity contribution < 1.29 is 9.59 Å². The van der Waals surface area contributed by atoms with Crippen LogP contribution in [0.4, 0.5) is 11.5 Å². The van der Waals surface area contributed by atoms with Crippen molar-refractivity contribution in [2.24, 2.45) is 0 Å². The van der Waals surface area contributed by atoms with Crippen molar-refractivity contribution in [1.29, 1.82) is 0 Å². The fourth-order valence-electron chi connectivity index (χ4n) is 2.55. The van der Waals surface area contributed by atoms with Gasteiger partial charge in [0.05, 0.1) is 0 Å². The zero-order valence-electron chi connectivity index (χ0n) is 12.6. The molecule has 1 aliphatic rings. The van der Waals surface area contributed by atoms with Crippen molar-refractivity contribution >= 4 is 23.3 Å². The smallest absolute Gasteiger partial charge is 0.256 e. The van der Waals surface area contributed by atoms with E-state index in [1.54, 1.807) is 25.1 Å². The number of aromatic nitrogens is 2. The van der Waals surface area contributed by atoms with Crippen molar-refractivity contribution in [2.75, 3.05) is 10.6 Å². The van der Waals surface area contributed by atoms with Gasteiger partial charge in [-0.15, -0.1) is 0 Å². The maximum atomic E-state index is 12.3. The number of hydrogen-bond acceptors (Lipinski definition) is 4. The molecule has 7 nitrogen and oxygen atoms in total. The monoisotopic (exact) mass is 312 g/mol. The SMILES string of the molecule is Cc1nc(NC(=O)c2ccc3c(c2)CCCC(=O)N3)cc(=O)[nH]1. The van der Waals surface area contributed by atoms with E-state index in [4.69, 9.17) is 0 Å². The van der Waals surface area contributed by atoms with Crippen LogP contribution in [0.2, 0.25) is 0 Å². The first kappa shape index (κ1) is 15.0. The van der Waals surface area contributed by atoms with Crippen LogP contribution >= 0.6 is 0 Å². The van der Waals surface area contributed by atoms with E-state index in [0.717, 1.165) is 24.1 Å². The predicted molar refractivity (Wildman–Crippen MR) is 85.6 cm³/mol. The number of benzene rings is 1. The normalized spacial score (nSPS) is 13.7. The second kappa shape index (κ2) is 6.04. The van der Waals surface area contributed by atoms with Gasteiger partial charge in [0.25, 0.3) is 11.5 Å². The van der Waals surface area contributed by atoms with Crippen molar-refractivity contribution in [1.82, 2.24) is 9.97 Å². The summed E-state index contributed by atoms with van der Waals surface area (Å²) < 4.78 is 0. The molecule has 1 aromatic carbocycles. The molecule has 1 aliphatic heterocycles. The van der Waals surface area contributed by atoms with Gasteiger partial charge in [0, 0.05) is 23.7 Å². The van der Waals surface area contributed by atoms with E-state index in [-0.39, 0.29) is 23.2 Å².